The lowest BCUT2D eigenvalue weighted by Crippen LogP contribution is -2.22. The second-order valence-corrected chi connectivity index (χ2v) is 9.36. The third-order valence-corrected chi connectivity index (χ3v) is 6.34. The average Bonchev–Trinajstić information content (AvgIpc) is 3.55. The number of halogens is 2. The first kappa shape index (κ1) is 23.3. The molecule has 1 saturated carbocycles. The molecule has 1 aliphatic rings. The predicted molar refractivity (Wildman–Crippen MR) is 126 cm³/mol. The van der Waals surface area contributed by atoms with Crippen LogP contribution in [0, 0.1) is 11.6 Å². The summed E-state index contributed by atoms with van der Waals surface area (Å²) in [4.78, 5) is 21.9. The summed E-state index contributed by atoms with van der Waals surface area (Å²) >= 11 is 1.23. The average molecular weight is 501 g/mol. The van der Waals surface area contributed by atoms with Crippen molar-refractivity contribution in [1.82, 2.24) is 19.7 Å². The predicted octanol–water partition coefficient (Wildman–Crippen LogP) is 5.15. The summed E-state index contributed by atoms with van der Waals surface area (Å²) in [6.07, 6.45) is 1.65. The highest BCUT2D eigenvalue weighted by atomic mass is 32.2. The number of ether oxygens (including phenoxy) is 2. The molecule has 1 fully saturated rings. The Morgan fingerprint density at radius 3 is 2.63 bits per heavy atom. The van der Waals surface area contributed by atoms with Crippen molar-refractivity contribution in [2.24, 2.45) is 0 Å². The molecule has 2 heterocycles. The second kappa shape index (κ2) is 9.29. The topological polar surface area (TPSA) is 92.3 Å². The quantitative estimate of drug-likeness (QED) is 0.242. The number of hydrogen-bond donors (Lipinski definition) is 0. The molecular weight excluding hydrogens is 478 g/mol. The van der Waals surface area contributed by atoms with Crippen LogP contribution in [0.2, 0.25) is 0 Å². The number of aromatic nitrogens is 4. The SMILES string of the molecule is COc1cc(-c2noc(CSc3nc4cc(F)c(F)cc4c(=O)n3C3CC3)n2)ccc1OC(C)C. The Hall–Kier alpha value is -3.47. The van der Waals surface area contributed by atoms with Crippen LogP contribution in [0.3, 0.4) is 0 Å². The molecule has 0 aliphatic heterocycles. The monoisotopic (exact) mass is 500 g/mol. The van der Waals surface area contributed by atoms with E-state index in [0.29, 0.717) is 33.9 Å². The summed E-state index contributed by atoms with van der Waals surface area (Å²) in [5.74, 6) is -0.0134. The van der Waals surface area contributed by atoms with Gasteiger partial charge in [-0.05, 0) is 51.0 Å². The molecule has 1 aliphatic carbocycles. The van der Waals surface area contributed by atoms with Crippen molar-refractivity contribution in [3.63, 3.8) is 0 Å². The summed E-state index contributed by atoms with van der Waals surface area (Å²) in [6, 6.07) is 7.21. The van der Waals surface area contributed by atoms with Crippen molar-refractivity contribution in [3.8, 4) is 22.9 Å². The first-order chi connectivity index (χ1) is 16.8. The fourth-order valence-corrected chi connectivity index (χ4v) is 4.55. The van der Waals surface area contributed by atoms with Gasteiger partial charge in [-0.1, -0.05) is 16.9 Å². The van der Waals surface area contributed by atoms with Gasteiger partial charge in [0, 0.05) is 17.7 Å². The van der Waals surface area contributed by atoms with Crippen molar-refractivity contribution in [1.29, 1.82) is 0 Å². The zero-order valence-electron chi connectivity index (χ0n) is 19.2. The number of fused-ring (bicyclic) bond motifs is 1. The zero-order valence-corrected chi connectivity index (χ0v) is 20.1. The Kier molecular flexibility index (Phi) is 6.18. The maximum atomic E-state index is 13.8. The highest BCUT2D eigenvalue weighted by molar-refractivity contribution is 7.98. The smallest absolute Gasteiger partial charge is 0.262 e. The standard InChI is InChI=1S/C24H22F2N4O4S/c1-12(2)33-19-7-4-13(8-20(19)32-3)22-28-21(34-29-22)11-35-24-27-18-10-17(26)16(25)9-15(18)23(31)30(24)14-5-6-14/h4,7-10,12,14H,5-6,11H2,1-3H3. The fraction of sp³-hybridized carbons (Fsp3) is 0.333. The number of thioether (sulfide) groups is 1. The van der Waals surface area contributed by atoms with Gasteiger partial charge < -0.3 is 14.0 Å². The van der Waals surface area contributed by atoms with Crippen LogP contribution in [0.5, 0.6) is 11.5 Å². The largest absolute Gasteiger partial charge is 0.493 e. The van der Waals surface area contributed by atoms with Crippen LogP contribution >= 0.6 is 11.8 Å². The molecule has 11 heteroatoms. The molecule has 2 aromatic heterocycles. The molecule has 0 saturated heterocycles. The van der Waals surface area contributed by atoms with E-state index in [9.17, 15) is 13.6 Å². The molecule has 182 valence electrons. The van der Waals surface area contributed by atoms with Gasteiger partial charge in [0.2, 0.25) is 11.7 Å². The van der Waals surface area contributed by atoms with Crippen LogP contribution in [-0.4, -0.2) is 32.9 Å². The van der Waals surface area contributed by atoms with Crippen LogP contribution in [0.1, 0.15) is 38.6 Å². The van der Waals surface area contributed by atoms with E-state index in [1.54, 1.807) is 23.8 Å². The van der Waals surface area contributed by atoms with Crippen molar-refractivity contribution < 1.29 is 22.8 Å². The Morgan fingerprint density at radius 1 is 1.14 bits per heavy atom. The molecule has 8 nitrogen and oxygen atoms in total. The molecule has 0 atom stereocenters. The van der Waals surface area contributed by atoms with Crippen LogP contribution < -0.4 is 15.0 Å². The number of hydrogen-bond acceptors (Lipinski definition) is 8. The summed E-state index contributed by atoms with van der Waals surface area (Å²) in [6.45, 7) is 3.86. The van der Waals surface area contributed by atoms with E-state index in [0.717, 1.165) is 25.0 Å². The molecule has 0 bridgehead atoms. The third kappa shape index (κ3) is 4.72. The third-order valence-electron chi connectivity index (χ3n) is 5.40. The zero-order chi connectivity index (χ0) is 24.7. The summed E-state index contributed by atoms with van der Waals surface area (Å²) in [7, 11) is 1.56. The number of nitrogens with zero attached hydrogens (tertiary/aromatic N) is 4. The van der Waals surface area contributed by atoms with Crippen molar-refractivity contribution in [3.05, 3.63) is 58.2 Å². The van der Waals surface area contributed by atoms with Gasteiger partial charge in [0.05, 0.1) is 29.9 Å². The summed E-state index contributed by atoms with van der Waals surface area (Å²) in [5, 5.41) is 4.50. The molecular formula is C24H22F2N4O4S. The number of methoxy groups -OCH3 is 1. The van der Waals surface area contributed by atoms with Gasteiger partial charge in [-0.25, -0.2) is 13.8 Å². The van der Waals surface area contributed by atoms with Crippen LogP contribution in [0.25, 0.3) is 22.3 Å². The van der Waals surface area contributed by atoms with Crippen LogP contribution in [0.15, 0.2) is 44.8 Å². The Bertz CT molecular complexity index is 1470. The van der Waals surface area contributed by atoms with E-state index >= 15 is 0 Å². The van der Waals surface area contributed by atoms with Crippen LogP contribution in [-0.2, 0) is 5.75 Å². The lowest BCUT2D eigenvalue weighted by Gasteiger charge is -2.13. The molecule has 5 rings (SSSR count). The van der Waals surface area contributed by atoms with Gasteiger partial charge in [0.15, 0.2) is 28.3 Å². The molecule has 0 radical (unpaired) electrons. The minimum absolute atomic E-state index is 0.00387. The molecule has 0 spiro atoms. The van der Waals surface area contributed by atoms with Gasteiger partial charge in [-0.2, -0.15) is 4.98 Å². The van der Waals surface area contributed by atoms with E-state index < -0.39 is 11.6 Å². The highest BCUT2D eigenvalue weighted by Gasteiger charge is 2.29. The summed E-state index contributed by atoms with van der Waals surface area (Å²) < 4.78 is 45.6. The molecule has 4 aromatic rings. The lowest BCUT2D eigenvalue weighted by atomic mass is 10.2. The first-order valence-corrected chi connectivity index (χ1v) is 12.0. The van der Waals surface area contributed by atoms with E-state index in [-0.39, 0.29) is 34.4 Å². The van der Waals surface area contributed by atoms with E-state index in [1.807, 2.05) is 19.9 Å². The van der Waals surface area contributed by atoms with Gasteiger partial charge in [-0.15, -0.1) is 0 Å². The molecule has 0 N–H and O–H groups in total. The van der Waals surface area contributed by atoms with Gasteiger partial charge in [0.25, 0.3) is 5.56 Å². The molecule has 0 amide bonds. The number of benzene rings is 2. The fourth-order valence-electron chi connectivity index (χ4n) is 3.65. The first-order valence-electron chi connectivity index (χ1n) is 11.1. The Labute approximate surface area is 203 Å². The maximum absolute atomic E-state index is 13.8. The van der Waals surface area contributed by atoms with E-state index in [2.05, 4.69) is 15.1 Å². The van der Waals surface area contributed by atoms with Crippen molar-refractivity contribution >= 4 is 22.7 Å². The Morgan fingerprint density at radius 2 is 1.91 bits per heavy atom. The maximum Gasteiger partial charge on any atom is 0.262 e. The lowest BCUT2D eigenvalue weighted by molar-refractivity contribution is 0.230. The van der Waals surface area contributed by atoms with Crippen molar-refractivity contribution in [2.45, 2.75) is 49.7 Å². The minimum atomic E-state index is -1.07. The number of rotatable bonds is 8. The van der Waals surface area contributed by atoms with Gasteiger partial charge in [0.1, 0.15) is 0 Å². The van der Waals surface area contributed by atoms with Crippen LogP contribution in [0.4, 0.5) is 8.78 Å². The minimum Gasteiger partial charge on any atom is -0.493 e. The molecule has 2 aromatic carbocycles. The van der Waals surface area contributed by atoms with Gasteiger partial charge >= 0.3 is 0 Å². The van der Waals surface area contributed by atoms with E-state index in [4.69, 9.17) is 14.0 Å². The molecule has 35 heavy (non-hydrogen) atoms. The van der Waals surface area contributed by atoms with E-state index in [1.165, 1.54) is 11.8 Å². The Balaban J connectivity index is 1.40. The highest BCUT2D eigenvalue weighted by Crippen LogP contribution is 2.38. The summed E-state index contributed by atoms with van der Waals surface area (Å²) in [5.41, 5.74) is 0.408. The second-order valence-electron chi connectivity index (χ2n) is 8.42. The normalized spacial score (nSPS) is 13.5. The molecule has 0 unspecified atom stereocenters. The van der Waals surface area contributed by atoms with Gasteiger partial charge in [-0.3, -0.25) is 9.36 Å². The van der Waals surface area contributed by atoms with Crippen molar-refractivity contribution in [2.75, 3.05) is 7.11 Å².